The molecule has 0 spiro atoms. The van der Waals surface area contributed by atoms with Crippen LogP contribution in [0, 0.1) is 5.92 Å². The van der Waals surface area contributed by atoms with E-state index in [1.807, 2.05) is 12.1 Å². The van der Waals surface area contributed by atoms with Crippen molar-refractivity contribution >= 4 is 17.3 Å². The smallest absolute Gasteiger partial charge is 0.131 e. The van der Waals surface area contributed by atoms with Crippen LogP contribution in [-0.4, -0.2) is 18.1 Å². The molecule has 1 aromatic heterocycles. The minimum atomic E-state index is 0.494. The van der Waals surface area contributed by atoms with E-state index in [0.717, 1.165) is 5.69 Å². The molecule has 0 amide bonds. The Morgan fingerprint density at radius 2 is 2.00 bits per heavy atom. The molecule has 0 aliphatic rings. The van der Waals surface area contributed by atoms with Crippen molar-refractivity contribution in [3.05, 3.63) is 23.5 Å². The van der Waals surface area contributed by atoms with Gasteiger partial charge in [0.15, 0.2) is 0 Å². The first-order valence-corrected chi connectivity index (χ1v) is 5.24. The summed E-state index contributed by atoms with van der Waals surface area (Å²) in [6, 6.07) is 4.36. The molecule has 0 fully saturated rings. The van der Waals surface area contributed by atoms with Crippen LogP contribution >= 0.6 is 11.6 Å². The third-order valence-electron chi connectivity index (χ3n) is 2.69. The first kappa shape index (κ1) is 11.3. The van der Waals surface area contributed by atoms with Gasteiger partial charge in [0.2, 0.25) is 0 Å². The fourth-order valence-electron chi connectivity index (χ4n) is 1.29. The molecule has 14 heavy (non-hydrogen) atoms. The lowest BCUT2D eigenvalue weighted by molar-refractivity contribution is 0.505. The fourth-order valence-corrected chi connectivity index (χ4v) is 1.46. The van der Waals surface area contributed by atoms with Crippen LogP contribution < -0.4 is 4.90 Å². The third-order valence-corrected chi connectivity index (χ3v) is 2.90. The number of aromatic nitrogens is 1. The lowest BCUT2D eigenvalue weighted by Gasteiger charge is -2.29. The predicted octanol–water partition coefficient (Wildman–Crippen LogP) is 3.22. The van der Waals surface area contributed by atoms with E-state index in [0.29, 0.717) is 17.1 Å². The van der Waals surface area contributed by atoms with Crippen LogP contribution in [0.25, 0.3) is 0 Å². The maximum absolute atomic E-state index is 5.84. The number of halogens is 1. The van der Waals surface area contributed by atoms with Crippen molar-refractivity contribution < 1.29 is 0 Å². The van der Waals surface area contributed by atoms with Crippen molar-refractivity contribution in [1.82, 2.24) is 4.98 Å². The zero-order valence-corrected chi connectivity index (χ0v) is 9.92. The van der Waals surface area contributed by atoms with E-state index in [1.165, 1.54) is 0 Å². The van der Waals surface area contributed by atoms with Gasteiger partial charge in [-0.1, -0.05) is 25.4 Å². The summed E-state index contributed by atoms with van der Waals surface area (Å²) in [4.78, 5) is 6.19. The number of hydrogen-bond donors (Lipinski definition) is 0. The number of hydrogen-bond acceptors (Lipinski definition) is 2. The van der Waals surface area contributed by atoms with E-state index in [1.54, 1.807) is 6.20 Å². The highest BCUT2D eigenvalue weighted by molar-refractivity contribution is 6.29. The highest BCUT2D eigenvalue weighted by Crippen LogP contribution is 2.20. The van der Waals surface area contributed by atoms with Crippen molar-refractivity contribution in [2.45, 2.75) is 26.8 Å². The summed E-state index contributed by atoms with van der Waals surface area (Å²) in [5, 5.41) is 0.547. The molecular weight excluding hydrogens is 196 g/mol. The third kappa shape index (κ3) is 2.61. The lowest BCUT2D eigenvalue weighted by atomic mass is 10.0. The Hall–Kier alpha value is -0.760. The monoisotopic (exact) mass is 212 g/mol. The predicted molar refractivity (Wildman–Crippen MR) is 62.0 cm³/mol. The Balaban J connectivity index is 2.83. The molecule has 0 aliphatic carbocycles. The van der Waals surface area contributed by atoms with Crippen LogP contribution in [0.5, 0.6) is 0 Å². The molecule has 1 unspecified atom stereocenters. The van der Waals surface area contributed by atoms with Crippen molar-refractivity contribution in [2.24, 2.45) is 5.92 Å². The van der Waals surface area contributed by atoms with Gasteiger partial charge in [-0.2, -0.15) is 0 Å². The minimum Gasteiger partial charge on any atom is -0.371 e. The number of anilines is 1. The highest BCUT2D eigenvalue weighted by Gasteiger charge is 2.13. The molecule has 1 heterocycles. The molecule has 0 radical (unpaired) electrons. The van der Waals surface area contributed by atoms with Crippen LogP contribution in [0.4, 0.5) is 5.69 Å². The molecule has 78 valence electrons. The highest BCUT2D eigenvalue weighted by atomic mass is 35.5. The van der Waals surface area contributed by atoms with Gasteiger partial charge >= 0.3 is 0 Å². The van der Waals surface area contributed by atoms with Gasteiger partial charge in [-0.05, 0) is 25.0 Å². The number of pyridine rings is 1. The summed E-state index contributed by atoms with van der Waals surface area (Å²) < 4.78 is 0. The molecule has 0 aliphatic heterocycles. The van der Waals surface area contributed by atoms with Crippen LogP contribution in [0.15, 0.2) is 18.3 Å². The van der Waals surface area contributed by atoms with Gasteiger partial charge in [0, 0.05) is 25.0 Å². The van der Waals surface area contributed by atoms with E-state index < -0.39 is 0 Å². The molecule has 2 nitrogen and oxygen atoms in total. The summed E-state index contributed by atoms with van der Waals surface area (Å²) in [6.45, 7) is 6.63. The maximum atomic E-state index is 5.84. The van der Waals surface area contributed by atoms with Gasteiger partial charge in [-0.15, -0.1) is 0 Å². The van der Waals surface area contributed by atoms with Gasteiger partial charge < -0.3 is 4.90 Å². The van der Waals surface area contributed by atoms with Gasteiger partial charge in [0.25, 0.3) is 0 Å². The van der Waals surface area contributed by atoms with E-state index in [-0.39, 0.29) is 0 Å². The van der Waals surface area contributed by atoms with E-state index in [2.05, 4.69) is 37.7 Å². The Morgan fingerprint density at radius 1 is 1.36 bits per heavy atom. The van der Waals surface area contributed by atoms with E-state index in [4.69, 9.17) is 11.6 Å². The second kappa shape index (κ2) is 4.65. The molecule has 0 saturated heterocycles. The number of nitrogens with zero attached hydrogens (tertiary/aromatic N) is 2. The second-order valence-electron chi connectivity index (χ2n) is 3.93. The van der Waals surface area contributed by atoms with Gasteiger partial charge in [0.05, 0.1) is 0 Å². The first-order chi connectivity index (χ1) is 6.52. The lowest BCUT2D eigenvalue weighted by Crippen LogP contribution is -2.33. The summed E-state index contributed by atoms with van der Waals surface area (Å²) in [5.41, 5.74) is 1.12. The summed E-state index contributed by atoms with van der Waals surface area (Å²) in [7, 11) is 2.08. The summed E-state index contributed by atoms with van der Waals surface area (Å²) in [6.07, 6.45) is 1.74. The summed E-state index contributed by atoms with van der Waals surface area (Å²) in [5.74, 6) is 0.618. The van der Waals surface area contributed by atoms with Crippen LogP contribution in [0.2, 0.25) is 5.15 Å². The van der Waals surface area contributed by atoms with Crippen LogP contribution in [0.3, 0.4) is 0 Å². The molecule has 0 N–H and O–H groups in total. The van der Waals surface area contributed by atoms with Gasteiger partial charge in [-0.3, -0.25) is 0 Å². The number of rotatable bonds is 3. The molecule has 0 bridgehead atoms. The van der Waals surface area contributed by atoms with E-state index in [9.17, 15) is 0 Å². The van der Waals surface area contributed by atoms with Crippen molar-refractivity contribution in [3.8, 4) is 0 Å². The second-order valence-corrected chi connectivity index (χ2v) is 4.32. The normalized spacial score (nSPS) is 13.0. The van der Waals surface area contributed by atoms with Crippen molar-refractivity contribution in [1.29, 1.82) is 0 Å². The molecule has 0 aromatic carbocycles. The van der Waals surface area contributed by atoms with Gasteiger partial charge in [-0.25, -0.2) is 4.98 Å². The van der Waals surface area contributed by atoms with Crippen LogP contribution in [0.1, 0.15) is 20.8 Å². The van der Waals surface area contributed by atoms with Crippen molar-refractivity contribution in [2.75, 3.05) is 11.9 Å². The Kier molecular flexibility index (Phi) is 3.76. The average Bonchev–Trinajstić information content (AvgIpc) is 2.15. The molecule has 0 saturated carbocycles. The zero-order chi connectivity index (χ0) is 10.7. The maximum Gasteiger partial charge on any atom is 0.131 e. The molecule has 1 aromatic rings. The summed E-state index contributed by atoms with van der Waals surface area (Å²) >= 11 is 5.84. The standard InChI is InChI=1S/C11H17ClN2/c1-8(2)9(3)14(4)10-5-6-13-11(12)7-10/h5-9H,1-4H3. The zero-order valence-electron chi connectivity index (χ0n) is 9.16. The minimum absolute atomic E-state index is 0.494. The molecular formula is C11H17ClN2. The van der Waals surface area contributed by atoms with Crippen molar-refractivity contribution in [3.63, 3.8) is 0 Å². The Bertz CT molecular complexity index is 299. The Morgan fingerprint density at radius 3 is 2.50 bits per heavy atom. The van der Waals surface area contributed by atoms with E-state index >= 15 is 0 Å². The molecule has 3 heteroatoms. The quantitative estimate of drug-likeness (QED) is 0.716. The molecule has 1 rings (SSSR count). The topological polar surface area (TPSA) is 16.1 Å². The average molecular weight is 213 g/mol. The Labute approximate surface area is 90.9 Å². The first-order valence-electron chi connectivity index (χ1n) is 4.86. The fraction of sp³-hybridized carbons (Fsp3) is 0.545. The van der Waals surface area contributed by atoms with Gasteiger partial charge in [0.1, 0.15) is 5.15 Å². The molecule has 1 atom stereocenters. The largest absolute Gasteiger partial charge is 0.371 e. The van der Waals surface area contributed by atoms with Crippen LogP contribution in [-0.2, 0) is 0 Å². The SMILES string of the molecule is CC(C)C(C)N(C)c1ccnc(Cl)c1.